The van der Waals surface area contributed by atoms with Gasteiger partial charge in [0.25, 0.3) is 0 Å². The van der Waals surface area contributed by atoms with E-state index in [9.17, 15) is 24.5 Å². The molecule has 0 saturated carbocycles. The van der Waals surface area contributed by atoms with Crippen LogP contribution in [-0.2, 0) is 17.9 Å². The average Bonchev–Trinajstić information content (AvgIpc) is 2.37. The van der Waals surface area contributed by atoms with Crippen LogP contribution in [0, 0.1) is 10.1 Å². The number of aromatic nitrogens is 2. The summed E-state index contributed by atoms with van der Waals surface area (Å²) in [5, 5.41) is 10.8. The lowest BCUT2D eigenvalue weighted by Gasteiger charge is -2.08. The van der Waals surface area contributed by atoms with Crippen molar-refractivity contribution in [2.24, 2.45) is 0 Å². The van der Waals surface area contributed by atoms with Gasteiger partial charge in [-0.1, -0.05) is 13.8 Å². The molecule has 0 radical (unpaired) electrons. The molecule has 0 amide bonds. The second-order valence-corrected chi connectivity index (χ2v) is 4.03. The number of carbonyl (C=O) groups is 1. The van der Waals surface area contributed by atoms with Crippen LogP contribution in [0.25, 0.3) is 0 Å². The van der Waals surface area contributed by atoms with Crippen molar-refractivity contribution < 1.29 is 9.72 Å². The van der Waals surface area contributed by atoms with Crippen LogP contribution in [0.3, 0.4) is 0 Å². The highest BCUT2D eigenvalue weighted by Crippen LogP contribution is 2.01. The highest BCUT2D eigenvalue weighted by atomic mass is 16.6. The Kier molecular flexibility index (Phi) is 4.74. The summed E-state index contributed by atoms with van der Waals surface area (Å²) in [6.07, 6.45) is 1.67. The van der Waals surface area contributed by atoms with Crippen molar-refractivity contribution in [3.05, 3.63) is 37.1 Å². The SMILES string of the molecule is CCCn1cc([N+](=O)[O-])c(=O)n(CC(=O)CC)c1=O. The number of hydrogen-bond acceptors (Lipinski definition) is 5. The molecular weight excluding hydrogens is 254 g/mol. The van der Waals surface area contributed by atoms with Gasteiger partial charge < -0.3 is 0 Å². The lowest BCUT2D eigenvalue weighted by molar-refractivity contribution is -0.387. The van der Waals surface area contributed by atoms with Gasteiger partial charge in [0.1, 0.15) is 0 Å². The summed E-state index contributed by atoms with van der Waals surface area (Å²) in [4.78, 5) is 45.1. The van der Waals surface area contributed by atoms with Crippen molar-refractivity contribution in [1.82, 2.24) is 9.13 Å². The van der Waals surface area contributed by atoms with E-state index >= 15 is 0 Å². The van der Waals surface area contributed by atoms with E-state index in [0.717, 1.165) is 10.8 Å². The van der Waals surface area contributed by atoms with Gasteiger partial charge >= 0.3 is 16.9 Å². The monoisotopic (exact) mass is 269 g/mol. The van der Waals surface area contributed by atoms with Gasteiger partial charge in [-0.3, -0.25) is 24.3 Å². The zero-order valence-electron chi connectivity index (χ0n) is 10.8. The van der Waals surface area contributed by atoms with Crippen molar-refractivity contribution in [2.75, 3.05) is 0 Å². The summed E-state index contributed by atoms with van der Waals surface area (Å²) < 4.78 is 1.71. The quantitative estimate of drug-likeness (QED) is 0.546. The molecule has 1 rings (SSSR count). The normalized spacial score (nSPS) is 10.4. The van der Waals surface area contributed by atoms with Gasteiger partial charge in [-0.05, 0) is 6.42 Å². The van der Waals surface area contributed by atoms with Gasteiger partial charge in [0, 0.05) is 13.0 Å². The van der Waals surface area contributed by atoms with Crippen LogP contribution >= 0.6 is 0 Å². The molecule has 0 aromatic carbocycles. The average molecular weight is 269 g/mol. The molecule has 0 atom stereocenters. The Morgan fingerprint density at radius 2 is 2.00 bits per heavy atom. The number of ketones is 1. The Hall–Kier alpha value is -2.25. The first-order valence-corrected chi connectivity index (χ1v) is 5.92. The summed E-state index contributed by atoms with van der Waals surface area (Å²) in [7, 11) is 0. The predicted molar refractivity (Wildman–Crippen MR) is 67.2 cm³/mol. The molecule has 0 saturated heterocycles. The van der Waals surface area contributed by atoms with E-state index in [1.54, 1.807) is 13.8 Å². The van der Waals surface area contributed by atoms with E-state index < -0.39 is 28.4 Å². The topological polar surface area (TPSA) is 104 Å². The van der Waals surface area contributed by atoms with Crippen LogP contribution in [0.2, 0.25) is 0 Å². The maximum absolute atomic E-state index is 12.0. The maximum atomic E-state index is 12.0. The predicted octanol–water partition coefficient (Wildman–Crippen LogP) is 0.307. The molecule has 0 aliphatic heterocycles. The second-order valence-electron chi connectivity index (χ2n) is 4.03. The second kappa shape index (κ2) is 6.07. The molecule has 1 heterocycles. The fraction of sp³-hybridized carbons (Fsp3) is 0.545. The number of hydrogen-bond donors (Lipinski definition) is 0. The first kappa shape index (κ1) is 14.8. The molecule has 19 heavy (non-hydrogen) atoms. The summed E-state index contributed by atoms with van der Waals surface area (Å²) in [6, 6.07) is 0. The first-order chi connectivity index (χ1) is 8.92. The molecule has 1 aromatic heterocycles. The number of nitrogens with zero attached hydrogens (tertiary/aromatic N) is 3. The molecular formula is C11H15N3O5. The third-order valence-corrected chi connectivity index (χ3v) is 2.61. The minimum absolute atomic E-state index is 0.155. The summed E-state index contributed by atoms with van der Waals surface area (Å²) in [6.45, 7) is 3.21. The lowest BCUT2D eigenvalue weighted by atomic mass is 10.3. The summed E-state index contributed by atoms with van der Waals surface area (Å²) in [5.41, 5.74) is -2.43. The molecule has 8 nitrogen and oxygen atoms in total. The highest BCUT2D eigenvalue weighted by Gasteiger charge is 2.20. The van der Waals surface area contributed by atoms with Gasteiger partial charge in [-0.2, -0.15) is 0 Å². The molecule has 0 bridgehead atoms. The number of Topliss-reactive ketones (excluding diaryl/α,β-unsaturated/α-hetero) is 1. The van der Waals surface area contributed by atoms with Crippen LogP contribution in [0.4, 0.5) is 5.69 Å². The van der Waals surface area contributed by atoms with Gasteiger partial charge in [0.15, 0.2) is 5.78 Å². The van der Waals surface area contributed by atoms with Gasteiger partial charge in [-0.25, -0.2) is 9.36 Å². The number of carbonyl (C=O) groups excluding carboxylic acids is 1. The van der Waals surface area contributed by atoms with Crippen molar-refractivity contribution in [3.8, 4) is 0 Å². The van der Waals surface area contributed by atoms with E-state index in [2.05, 4.69) is 0 Å². The van der Waals surface area contributed by atoms with E-state index in [0.29, 0.717) is 11.0 Å². The van der Waals surface area contributed by atoms with Crippen LogP contribution in [-0.4, -0.2) is 19.8 Å². The highest BCUT2D eigenvalue weighted by molar-refractivity contribution is 5.77. The number of nitro groups is 1. The zero-order chi connectivity index (χ0) is 14.6. The maximum Gasteiger partial charge on any atom is 0.350 e. The van der Waals surface area contributed by atoms with E-state index in [1.165, 1.54) is 0 Å². The van der Waals surface area contributed by atoms with Crippen molar-refractivity contribution >= 4 is 11.5 Å². The Balaban J connectivity index is 3.50. The molecule has 8 heteroatoms. The molecule has 0 fully saturated rings. The fourth-order valence-electron chi connectivity index (χ4n) is 1.59. The van der Waals surface area contributed by atoms with Crippen LogP contribution in [0.15, 0.2) is 15.8 Å². The van der Waals surface area contributed by atoms with Crippen molar-refractivity contribution in [1.29, 1.82) is 0 Å². The van der Waals surface area contributed by atoms with Crippen LogP contribution < -0.4 is 11.2 Å². The molecule has 0 aliphatic rings. The van der Waals surface area contributed by atoms with Gasteiger partial charge in [0.05, 0.1) is 17.7 Å². The third-order valence-electron chi connectivity index (χ3n) is 2.61. The Morgan fingerprint density at radius 3 is 2.47 bits per heavy atom. The van der Waals surface area contributed by atoms with Gasteiger partial charge in [-0.15, -0.1) is 0 Å². The van der Waals surface area contributed by atoms with Crippen LogP contribution in [0.5, 0.6) is 0 Å². The third kappa shape index (κ3) is 3.15. The Bertz CT molecular complexity index is 614. The molecule has 0 spiro atoms. The first-order valence-electron chi connectivity index (χ1n) is 5.92. The molecule has 1 aromatic rings. The Labute approximate surface area is 108 Å². The summed E-state index contributed by atoms with van der Waals surface area (Å²) in [5.74, 6) is -0.331. The van der Waals surface area contributed by atoms with Crippen molar-refractivity contribution in [2.45, 2.75) is 39.8 Å². The van der Waals surface area contributed by atoms with Crippen LogP contribution in [0.1, 0.15) is 26.7 Å². The fourth-order valence-corrected chi connectivity index (χ4v) is 1.59. The minimum Gasteiger partial charge on any atom is -0.298 e. The molecule has 0 aliphatic carbocycles. The molecule has 104 valence electrons. The smallest absolute Gasteiger partial charge is 0.298 e. The number of aryl methyl sites for hydroxylation is 1. The van der Waals surface area contributed by atoms with E-state index in [1.807, 2.05) is 0 Å². The summed E-state index contributed by atoms with van der Waals surface area (Å²) >= 11 is 0. The Morgan fingerprint density at radius 1 is 1.37 bits per heavy atom. The number of rotatable bonds is 6. The van der Waals surface area contributed by atoms with Gasteiger partial charge in [0.2, 0.25) is 0 Å². The van der Waals surface area contributed by atoms with E-state index in [-0.39, 0.29) is 18.7 Å². The van der Waals surface area contributed by atoms with E-state index in [4.69, 9.17) is 0 Å². The zero-order valence-corrected chi connectivity index (χ0v) is 10.8. The minimum atomic E-state index is -1.04. The molecule has 0 unspecified atom stereocenters. The van der Waals surface area contributed by atoms with Crippen molar-refractivity contribution in [3.63, 3.8) is 0 Å². The molecule has 0 N–H and O–H groups in total. The largest absolute Gasteiger partial charge is 0.350 e. The standard InChI is InChI=1S/C11H15N3O5/c1-3-5-12-7-9(14(18)19)10(16)13(11(12)17)6-8(15)4-2/h7H,3-6H2,1-2H3. The lowest BCUT2D eigenvalue weighted by Crippen LogP contribution is -2.42.